The van der Waals surface area contributed by atoms with Gasteiger partial charge in [0, 0.05) is 34.1 Å². The van der Waals surface area contributed by atoms with Crippen LogP contribution in [0.3, 0.4) is 0 Å². The minimum absolute atomic E-state index is 0.215. The molecule has 4 aromatic rings. The van der Waals surface area contributed by atoms with Crippen LogP contribution in [0, 0.1) is 0 Å². The number of hydrogen-bond acceptors (Lipinski definition) is 4. The average molecular weight is 404 g/mol. The van der Waals surface area contributed by atoms with Gasteiger partial charge in [0.05, 0.1) is 12.0 Å². The molecule has 0 amide bonds. The van der Waals surface area contributed by atoms with E-state index < -0.39 is 5.97 Å². The van der Waals surface area contributed by atoms with Crippen molar-refractivity contribution in [2.45, 2.75) is 16.3 Å². The predicted molar refractivity (Wildman–Crippen MR) is 116 cm³/mol. The van der Waals surface area contributed by atoms with Crippen LogP contribution in [0.4, 0.5) is 5.69 Å². The molecule has 0 aliphatic carbocycles. The van der Waals surface area contributed by atoms with E-state index in [0.29, 0.717) is 6.54 Å². The van der Waals surface area contributed by atoms with Crippen LogP contribution in [-0.4, -0.2) is 23.2 Å². The van der Waals surface area contributed by atoms with Gasteiger partial charge in [0.2, 0.25) is 0 Å². The Labute approximate surface area is 172 Å². The van der Waals surface area contributed by atoms with Crippen LogP contribution in [0.2, 0.25) is 0 Å². The first-order valence-corrected chi connectivity index (χ1v) is 9.94. The molecule has 29 heavy (non-hydrogen) atoms. The fraction of sp³-hybridized carbons (Fsp3) is 0.0870. The molecule has 4 rings (SSSR count). The van der Waals surface area contributed by atoms with Gasteiger partial charge in [-0.1, -0.05) is 42.1 Å². The van der Waals surface area contributed by atoms with E-state index >= 15 is 0 Å². The van der Waals surface area contributed by atoms with E-state index in [4.69, 9.17) is 4.74 Å². The highest BCUT2D eigenvalue weighted by atomic mass is 32.2. The minimum Gasteiger partial charge on any atom is -0.497 e. The molecular formula is C23H20N2O3S. The number of rotatable bonds is 7. The van der Waals surface area contributed by atoms with Gasteiger partial charge in [-0.2, -0.15) is 0 Å². The Morgan fingerprint density at radius 2 is 1.90 bits per heavy atom. The van der Waals surface area contributed by atoms with Gasteiger partial charge in [-0.15, -0.1) is 0 Å². The maximum absolute atomic E-state index is 11.8. The van der Waals surface area contributed by atoms with E-state index in [1.807, 2.05) is 72.8 Å². The number of H-pyrrole nitrogens is 1. The number of carboxylic acid groups (broad SMARTS) is 1. The maximum Gasteiger partial charge on any atom is 0.353 e. The molecule has 6 heteroatoms. The van der Waals surface area contributed by atoms with Crippen molar-refractivity contribution < 1.29 is 14.6 Å². The molecule has 0 aliphatic rings. The number of ether oxygens (including phenoxy) is 1. The lowest BCUT2D eigenvalue weighted by Crippen LogP contribution is -1.99. The lowest BCUT2D eigenvalue weighted by Gasteiger charge is -2.09. The first kappa shape index (κ1) is 19.0. The summed E-state index contributed by atoms with van der Waals surface area (Å²) in [5, 5.41) is 13.9. The Kier molecular flexibility index (Phi) is 5.44. The Morgan fingerprint density at radius 3 is 2.66 bits per heavy atom. The zero-order valence-corrected chi connectivity index (χ0v) is 16.6. The topological polar surface area (TPSA) is 74.3 Å². The van der Waals surface area contributed by atoms with E-state index in [1.165, 1.54) is 11.8 Å². The molecule has 0 saturated heterocycles. The number of anilines is 1. The summed E-state index contributed by atoms with van der Waals surface area (Å²) in [5.74, 6) is -0.167. The number of aromatic amines is 1. The summed E-state index contributed by atoms with van der Waals surface area (Å²) in [5.41, 5.74) is 3.05. The van der Waals surface area contributed by atoms with Gasteiger partial charge < -0.3 is 20.1 Å². The van der Waals surface area contributed by atoms with Crippen molar-refractivity contribution in [2.24, 2.45) is 0 Å². The molecule has 0 aliphatic heterocycles. The molecule has 0 spiro atoms. The molecule has 0 bridgehead atoms. The lowest BCUT2D eigenvalue weighted by molar-refractivity contribution is 0.0688. The third kappa shape index (κ3) is 4.22. The van der Waals surface area contributed by atoms with Crippen molar-refractivity contribution in [2.75, 3.05) is 12.4 Å². The smallest absolute Gasteiger partial charge is 0.353 e. The van der Waals surface area contributed by atoms with E-state index in [0.717, 1.165) is 37.7 Å². The zero-order valence-electron chi connectivity index (χ0n) is 15.8. The van der Waals surface area contributed by atoms with Crippen molar-refractivity contribution in [3.05, 3.63) is 84.1 Å². The Morgan fingerprint density at radius 1 is 1.07 bits per heavy atom. The summed E-state index contributed by atoms with van der Waals surface area (Å²) < 4.78 is 5.26. The molecule has 5 nitrogen and oxygen atoms in total. The Bertz CT molecular complexity index is 1160. The summed E-state index contributed by atoms with van der Waals surface area (Å²) in [6.07, 6.45) is 0. The molecule has 0 unspecified atom stereocenters. The summed E-state index contributed by atoms with van der Waals surface area (Å²) in [4.78, 5) is 16.5. The largest absolute Gasteiger partial charge is 0.497 e. The molecule has 0 atom stereocenters. The number of methoxy groups -OCH3 is 1. The van der Waals surface area contributed by atoms with E-state index in [-0.39, 0.29) is 5.69 Å². The standard InChI is InChI=1S/C23H20N2O3S/c1-28-17-7-5-6-16(13-17)24-14-15-10-11-20-19(12-15)22(21(25-20)23(26)27)29-18-8-3-2-4-9-18/h2-13,24-25H,14H2,1H3,(H,26,27). The van der Waals surface area contributed by atoms with E-state index in [1.54, 1.807) is 7.11 Å². The van der Waals surface area contributed by atoms with Crippen LogP contribution < -0.4 is 10.1 Å². The number of hydrogen-bond donors (Lipinski definition) is 3. The van der Waals surface area contributed by atoms with Gasteiger partial charge in [-0.05, 0) is 42.0 Å². The van der Waals surface area contributed by atoms with Crippen LogP contribution in [0.5, 0.6) is 5.75 Å². The van der Waals surface area contributed by atoms with Gasteiger partial charge in [-0.25, -0.2) is 4.79 Å². The lowest BCUT2D eigenvalue weighted by atomic mass is 10.1. The number of aromatic carboxylic acids is 1. The van der Waals surface area contributed by atoms with E-state index in [2.05, 4.69) is 10.3 Å². The predicted octanol–water partition coefficient (Wildman–Crippen LogP) is 5.64. The van der Waals surface area contributed by atoms with Crippen molar-refractivity contribution in [3.8, 4) is 5.75 Å². The maximum atomic E-state index is 11.8. The van der Waals surface area contributed by atoms with Gasteiger partial charge in [0.15, 0.2) is 0 Å². The zero-order chi connectivity index (χ0) is 20.2. The van der Waals surface area contributed by atoms with Crippen molar-refractivity contribution in [1.29, 1.82) is 0 Å². The normalized spacial score (nSPS) is 10.8. The first-order valence-electron chi connectivity index (χ1n) is 9.13. The second kappa shape index (κ2) is 8.32. The number of fused-ring (bicyclic) bond motifs is 1. The molecule has 0 radical (unpaired) electrons. The molecule has 1 heterocycles. The van der Waals surface area contributed by atoms with Gasteiger partial charge in [-0.3, -0.25) is 0 Å². The third-order valence-electron chi connectivity index (χ3n) is 4.56. The number of carboxylic acids is 1. The number of nitrogens with one attached hydrogen (secondary N) is 2. The summed E-state index contributed by atoms with van der Waals surface area (Å²) in [6, 6.07) is 23.5. The summed E-state index contributed by atoms with van der Waals surface area (Å²) >= 11 is 1.46. The SMILES string of the molecule is COc1cccc(NCc2ccc3[nH]c(C(=O)O)c(Sc4ccccc4)c3c2)c1. The highest BCUT2D eigenvalue weighted by Crippen LogP contribution is 2.37. The first-order chi connectivity index (χ1) is 14.1. The van der Waals surface area contributed by atoms with Gasteiger partial charge in [0.25, 0.3) is 0 Å². The van der Waals surface area contributed by atoms with Crippen LogP contribution in [-0.2, 0) is 6.54 Å². The molecule has 3 N–H and O–H groups in total. The van der Waals surface area contributed by atoms with Crippen LogP contribution in [0.1, 0.15) is 16.1 Å². The number of aromatic nitrogens is 1. The second-order valence-corrected chi connectivity index (χ2v) is 7.60. The van der Waals surface area contributed by atoms with Gasteiger partial charge >= 0.3 is 5.97 Å². The van der Waals surface area contributed by atoms with Crippen molar-refractivity contribution in [3.63, 3.8) is 0 Å². The molecule has 0 saturated carbocycles. The highest BCUT2D eigenvalue weighted by Gasteiger charge is 2.18. The minimum atomic E-state index is -0.962. The van der Waals surface area contributed by atoms with Crippen LogP contribution in [0.25, 0.3) is 10.9 Å². The Balaban J connectivity index is 1.65. The van der Waals surface area contributed by atoms with Crippen molar-refractivity contribution >= 4 is 34.3 Å². The average Bonchev–Trinajstić information content (AvgIpc) is 3.11. The summed E-state index contributed by atoms with van der Waals surface area (Å²) in [7, 11) is 1.64. The molecule has 146 valence electrons. The highest BCUT2D eigenvalue weighted by molar-refractivity contribution is 7.99. The molecule has 3 aromatic carbocycles. The fourth-order valence-electron chi connectivity index (χ4n) is 3.12. The van der Waals surface area contributed by atoms with Crippen molar-refractivity contribution in [1.82, 2.24) is 4.98 Å². The monoisotopic (exact) mass is 404 g/mol. The molecule has 1 aromatic heterocycles. The molecular weight excluding hydrogens is 384 g/mol. The van der Waals surface area contributed by atoms with Crippen LogP contribution >= 0.6 is 11.8 Å². The quantitative estimate of drug-likeness (QED) is 0.372. The second-order valence-electron chi connectivity index (χ2n) is 6.51. The number of carbonyl (C=O) groups is 1. The summed E-state index contributed by atoms with van der Waals surface area (Å²) in [6.45, 7) is 0.617. The Hall–Kier alpha value is -3.38. The van der Waals surface area contributed by atoms with Crippen LogP contribution in [0.15, 0.2) is 82.6 Å². The number of benzene rings is 3. The molecule has 0 fully saturated rings. The third-order valence-corrected chi connectivity index (χ3v) is 5.69. The fourth-order valence-corrected chi connectivity index (χ4v) is 4.17. The van der Waals surface area contributed by atoms with Gasteiger partial charge in [0.1, 0.15) is 11.4 Å². The van der Waals surface area contributed by atoms with E-state index in [9.17, 15) is 9.90 Å².